The molecule has 0 fully saturated rings. The maximum absolute atomic E-state index is 10.6. The molecule has 0 aliphatic heterocycles. The lowest BCUT2D eigenvalue weighted by Gasteiger charge is -2.14. The summed E-state index contributed by atoms with van der Waals surface area (Å²) < 4.78 is 0. The van der Waals surface area contributed by atoms with Crippen LogP contribution in [0.15, 0.2) is 6.33 Å². The van der Waals surface area contributed by atoms with Crippen molar-refractivity contribution in [2.24, 2.45) is 5.73 Å². The SMILES string of the molecule is CC(C)c1c(N)ncnc1NCCC(N)=O. The summed E-state index contributed by atoms with van der Waals surface area (Å²) in [4.78, 5) is 18.6. The minimum Gasteiger partial charge on any atom is -0.383 e. The molecule has 0 bridgehead atoms. The van der Waals surface area contributed by atoms with Crippen LogP contribution >= 0.6 is 0 Å². The molecule has 1 aromatic rings. The molecule has 0 saturated heterocycles. The molecule has 0 saturated carbocycles. The van der Waals surface area contributed by atoms with Crippen molar-refractivity contribution in [1.29, 1.82) is 0 Å². The minimum absolute atomic E-state index is 0.220. The van der Waals surface area contributed by atoms with Gasteiger partial charge in [0.1, 0.15) is 18.0 Å². The number of rotatable bonds is 5. The predicted octanol–water partition coefficient (Wildman–Crippen LogP) is 0.470. The van der Waals surface area contributed by atoms with Crippen molar-refractivity contribution < 1.29 is 4.79 Å². The summed E-state index contributed by atoms with van der Waals surface area (Å²) in [5, 5.41) is 3.03. The Bertz CT molecular complexity index is 377. The van der Waals surface area contributed by atoms with Crippen molar-refractivity contribution in [3.8, 4) is 0 Å². The molecule has 1 amide bonds. The Kier molecular flexibility index (Phi) is 4.04. The molecule has 1 aromatic heterocycles. The van der Waals surface area contributed by atoms with Crippen molar-refractivity contribution in [3.63, 3.8) is 0 Å². The first-order valence-corrected chi connectivity index (χ1v) is 5.15. The molecule has 0 radical (unpaired) electrons. The number of hydrogen-bond acceptors (Lipinski definition) is 5. The van der Waals surface area contributed by atoms with Crippen LogP contribution in [0, 0.1) is 0 Å². The van der Waals surface area contributed by atoms with Crippen LogP contribution in [0.5, 0.6) is 0 Å². The highest BCUT2D eigenvalue weighted by molar-refractivity contribution is 5.74. The average molecular weight is 223 g/mol. The van der Waals surface area contributed by atoms with Crippen molar-refractivity contribution in [2.45, 2.75) is 26.2 Å². The molecule has 5 N–H and O–H groups in total. The number of nitrogen functional groups attached to an aromatic ring is 1. The minimum atomic E-state index is -0.347. The quantitative estimate of drug-likeness (QED) is 0.672. The fourth-order valence-electron chi connectivity index (χ4n) is 1.42. The number of nitrogens with one attached hydrogen (secondary N) is 1. The van der Waals surface area contributed by atoms with Crippen LogP contribution in [0.2, 0.25) is 0 Å². The van der Waals surface area contributed by atoms with E-state index in [1.54, 1.807) is 0 Å². The van der Waals surface area contributed by atoms with E-state index in [2.05, 4.69) is 15.3 Å². The molecule has 1 heterocycles. The zero-order valence-electron chi connectivity index (χ0n) is 9.53. The van der Waals surface area contributed by atoms with Crippen molar-refractivity contribution in [1.82, 2.24) is 9.97 Å². The van der Waals surface area contributed by atoms with Crippen molar-refractivity contribution >= 4 is 17.5 Å². The third-order valence-corrected chi connectivity index (χ3v) is 2.16. The van der Waals surface area contributed by atoms with Gasteiger partial charge in [-0.25, -0.2) is 9.97 Å². The van der Waals surface area contributed by atoms with E-state index in [1.807, 2.05) is 13.8 Å². The van der Waals surface area contributed by atoms with Crippen LogP contribution in [-0.2, 0) is 4.79 Å². The molecule has 0 aliphatic rings. The number of carbonyl (C=O) groups excluding carboxylic acids is 1. The first-order valence-electron chi connectivity index (χ1n) is 5.15. The second kappa shape index (κ2) is 5.29. The van der Waals surface area contributed by atoms with E-state index in [9.17, 15) is 4.79 Å². The van der Waals surface area contributed by atoms with Gasteiger partial charge < -0.3 is 16.8 Å². The van der Waals surface area contributed by atoms with Gasteiger partial charge in [-0.15, -0.1) is 0 Å². The van der Waals surface area contributed by atoms with E-state index < -0.39 is 0 Å². The standard InChI is InChI=1S/C10H17N5O/c1-6(2)8-9(12)14-5-15-10(8)13-4-3-7(11)16/h5-6H,3-4H2,1-2H3,(H2,11,16)(H3,12,13,14,15). The van der Waals surface area contributed by atoms with Gasteiger partial charge in [-0.05, 0) is 5.92 Å². The Morgan fingerprint density at radius 1 is 1.50 bits per heavy atom. The van der Waals surface area contributed by atoms with Gasteiger partial charge in [0, 0.05) is 18.5 Å². The highest BCUT2D eigenvalue weighted by Gasteiger charge is 2.12. The summed E-state index contributed by atoms with van der Waals surface area (Å²) in [6.07, 6.45) is 1.66. The van der Waals surface area contributed by atoms with Crippen LogP contribution in [0.4, 0.5) is 11.6 Å². The summed E-state index contributed by atoms with van der Waals surface area (Å²) in [6, 6.07) is 0. The first-order chi connectivity index (χ1) is 7.52. The van der Waals surface area contributed by atoms with E-state index in [0.29, 0.717) is 18.2 Å². The van der Waals surface area contributed by atoms with E-state index in [4.69, 9.17) is 11.5 Å². The van der Waals surface area contributed by atoms with Gasteiger partial charge in [-0.1, -0.05) is 13.8 Å². The highest BCUT2D eigenvalue weighted by atomic mass is 16.1. The second-order valence-corrected chi connectivity index (χ2v) is 3.82. The van der Waals surface area contributed by atoms with Gasteiger partial charge in [-0.3, -0.25) is 4.79 Å². The molecule has 0 unspecified atom stereocenters. The maximum Gasteiger partial charge on any atom is 0.219 e. The molecular weight excluding hydrogens is 206 g/mol. The number of nitrogens with zero attached hydrogens (tertiary/aromatic N) is 2. The third-order valence-electron chi connectivity index (χ3n) is 2.16. The lowest BCUT2D eigenvalue weighted by Crippen LogP contribution is -2.17. The van der Waals surface area contributed by atoms with E-state index in [1.165, 1.54) is 6.33 Å². The molecule has 0 atom stereocenters. The van der Waals surface area contributed by atoms with E-state index in [0.717, 1.165) is 5.56 Å². The summed E-state index contributed by atoms with van der Waals surface area (Å²) in [7, 11) is 0. The summed E-state index contributed by atoms with van der Waals surface area (Å²) >= 11 is 0. The van der Waals surface area contributed by atoms with Gasteiger partial charge in [0.05, 0.1) is 0 Å². The predicted molar refractivity (Wildman–Crippen MR) is 62.8 cm³/mol. The van der Waals surface area contributed by atoms with Gasteiger partial charge >= 0.3 is 0 Å². The molecule has 88 valence electrons. The number of anilines is 2. The maximum atomic E-state index is 10.6. The molecule has 0 aliphatic carbocycles. The monoisotopic (exact) mass is 223 g/mol. The number of amides is 1. The zero-order chi connectivity index (χ0) is 12.1. The van der Waals surface area contributed by atoms with Crippen LogP contribution < -0.4 is 16.8 Å². The smallest absolute Gasteiger partial charge is 0.219 e. The zero-order valence-corrected chi connectivity index (χ0v) is 9.53. The molecule has 16 heavy (non-hydrogen) atoms. The normalized spacial score (nSPS) is 10.4. The van der Waals surface area contributed by atoms with Crippen LogP contribution in [-0.4, -0.2) is 22.4 Å². The topological polar surface area (TPSA) is 107 Å². The number of aromatic nitrogens is 2. The van der Waals surface area contributed by atoms with Crippen molar-refractivity contribution in [3.05, 3.63) is 11.9 Å². The summed E-state index contributed by atoms with van der Waals surface area (Å²) in [5.41, 5.74) is 11.7. The number of hydrogen-bond donors (Lipinski definition) is 3. The molecule has 0 aromatic carbocycles. The second-order valence-electron chi connectivity index (χ2n) is 3.82. The Hall–Kier alpha value is -1.85. The Morgan fingerprint density at radius 2 is 2.19 bits per heavy atom. The van der Waals surface area contributed by atoms with Crippen molar-refractivity contribution in [2.75, 3.05) is 17.6 Å². The average Bonchev–Trinajstić information content (AvgIpc) is 2.16. The Labute approximate surface area is 94.5 Å². The van der Waals surface area contributed by atoms with Gasteiger partial charge in [0.25, 0.3) is 0 Å². The summed E-state index contributed by atoms with van der Waals surface area (Å²) in [5.74, 6) is 1.01. The number of nitrogens with two attached hydrogens (primary N) is 2. The third kappa shape index (κ3) is 3.08. The molecule has 0 spiro atoms. The van der Waals surface area contributed by atoms with Crippen LogP contribution in [0.3, 0.4) is 0 Å². The highest BCUT2D eigenvalue weighted by Crippen LogP contribution is 2.25. The Balaban J connectivity index is 2.79. The van der Waals surface area contributed by atoms with Crippen LogP contribution in [0.25, 0.3) is 0 Å². The van der Waals surface area contributed by atoms with E-state index >= 15 is 0 Å². The fraction of sp³-hybridized carbons (Fsp3) is 0.500. The molecule has 6 nitrogen and oxygen atoms in total. The molecular formula is C10H17N5O. The molecule has 1 rings (SSSR count). The fourth-order valence-corrected chi connectivity index (χ4v) is 1.42. The first kappa shape index (κ1) is 12.2. The number of carbonyl (C=O) groups is 1. The van der Waals surface area contributed by atoms with Gasteiger partial charge in [0.15, 0.2) is 0 Å². The lowest BCUT2D eigenvalue weighted by atomic mass is 10.0. The largest absolute Gasteiger partial charge is 0.383 e. The lowest BCUT2D eigenvalue weighted by molar-refractivity contribution is -0.117. The Morgan fingerprint density at radius 3 is 2.75 bits per heavy atom. The molecule has 6 heteroatoms. The number of primary amides is 1. The van der Waals surface area contributed by atoms with E-state index in [-0.39, 0.29) is 18.2 Å². The summed E-state index contributed by atoms with van der Waals surface area (Å²) in [6.45, 7) is 4.47. The van der Waals surface area contributed by atoms with Gasteiger partial charge in [-0.2, -0.15) is 0 Å². The van der Waals surface area contributed by atoms with Crippen LogP contribution in [0.1, 0.15) is 31.7 Å². The van der Waals surface area contributed by atoms with Gasteiger partial charge in [0.2, 0.25) is 5.91 Å².